The number of aliphatic hydroxyl groups is 4. The summed E-state index contributed by atoms with van der Waals surface area (Å²) in [6, 6.07) is 0. The summed E-state index contributed by atoms with van der Waals surface area (Å²) in [5.74, 6) is 0. The van der Waals surface area contributed by atoms with Crippen molar-refractivity contribution in [3.05, 3.63) is 6.61 Å². The Morgan fingerprint density at radius 1 is 1.45 bits per heavy atom. The van der Waals surface area contributed by atoms with E-state index < -0.39 is 31.0 Å². The maximum atomic E-state index is 9.08. The predicted molar refractivity (Wildman–Crippen MR) is 34.3 cm³/mol. The average Bonchev–Trinajstić information content (AvgIpc) is 2.32. The van der Waals surface area contributed by atoms with E-state index in [2.05, 4.69) is 0 Å². The van der Waals surface area contributed by atoms with E-state index in [1.807, 2.05) is 0 Å². The van der Waals surface area contributed by atoms with Crippen molar-refractivity contribution in [1.82, 2.24) is 0 Å². The third-order valence-corrected chi connectivity index (χ3v) is 1.63. The van der Waals surface area contributed by atoms with E-state index in [9.17, 15) is 0 Å². The highest BCUT2D eigenvalue weighted by Gasteiger charge is 2.39. The van der Waals surface area contributed by atoms with Gasteiger partial charge in [-0.25, -0.2) is 0 Å². The Hall–Kier alpha value is -0.200. The van der Waals surface area contributed by atoms with Crippen LogP contribution in [0.2, 0.25) is 0 Å². The second kappa shape index (κ2) is 3.46. The second-order valence-corrected chi connectivity index (χ2v) is 2.47. The van der Waals surface area contributed by atoms with E-state index in [1.54, 1.807) is 0 Å². The smallest absolute Gasteiger partial charge is 0.115 e. The molecule has 0 aliphatic carbocycles. The lowest BCUT2D eigenvalue weighted by atomic mass is 10.1. The van der Waals surface area contributed by atoms with E-state index >= 15 is 0 Å². The Balaban J connectivity index is 2.47. The lowest BCUT2D eigenvalue weighted by Gasteiger charge is -2.18. The molecule has 5 heteroatoms. The van der Waals surface area contributed by atoms with Gasteiger partial charge in [0.25, 0.3) is 0 Å². The summed E-state index contributed by atoms with van der Waals surface area (Å²) in [6.07, 6.45) is -4.31. The standard InChI is InChI=1S/C6H11O5/c7-1-3(8)6-5(10)4(9)2-11-6/h2-10H,1H2/t3-,4+,5-,6-/m1/s1. The molecule has 1 fully saturated rings. The van der Waals surface area contributed by atoms with Crippen molar-refractivity contribution in [2.75, 3.05) is 6.61 Å². The lowest BCUT2D eigenvalue weighted by Crippen LogP contribution is -2.40. The molecule has 65 valence electrons. The highest BCUT2D eigenvalue weighted by atomic mass is 16.5. The van der Waals surface area contributed by atoms with Gasteiger partial charge in [0.05, 0.1) is 6.61 Å². The zero-order valence-electron chi connectivity index (χ0n) is 5.79. The van der Waals surface area contributed by atoms with Gasteiger partial charge in [0.2, 0.25) is 0 Å². The van der Waals surface area contributed by atoms with Gasteiger partial charge in [-0.15, -0.1) is 0 Å². The van der Waals surface area contributed by atoms with E-state index in [0.29, 0.717) is 0 Å². The Kier molecular flexibility index (Phi) is 2.80. The van der Waals surface area contributed by atoms with Gasteiger partial charge in [-0.1, -0.05) is 0 Å². The lowest BCUT2D eigenvalue weighted by molar-refractivity contribution is -0.0636. The SMILES string of the molecule is OC[C@@H](O)[C@H]1O[CH][C@H](O)[C@H]1O. The Morgan fingerprint density at radius 3 is 2.45 bits per heavy atom. The number of ether oxygens (including phenoxy) is 1. The van der Waals surface area contributed by atoms with Gasteiger partial charge in [-0.2, -0.15) is 0 Å². The van der Waals surface area contributed by atoms with Gasteiger partial charge in [0, 0.05) is 0 Å². The molecular weight excluding hydrogens is 152 g/mol. The van der Waals surface area contributed by atoms with Gasteiger partial charge in [-0.3, -0.25) is 0 Å². The van der Waals surface area contributed by atoms with Crippen molar-refractivity contribution in [3.63, 3.8) is 0 Å². The van der Waals surface area contributed by atoms with Gasteiger partial charge in [0.15, 0.2) is 0 Å². The molecule has 0 aromatic rings. The summed E-state index contributed by atoms with van der Waals surface area (Å²) in [6.45, 7) is 0.538. The van der Waals surface area contributed by atoms with Crippen LogP contribution in [-0.4, -0.2) is 51.4 Å². The van der Waals surface area contributed by atoms with Crippen molar-refractivity contribution < 1.29 is 25.2 Å². The zero-order chi connectivity index (χ0) is 8.43. The molecule has 4 N–H and O–H groups in total. The van der Waals surface area contributed by atoms with Crippen molar-refractivity contribution in [2.24, 2.45) is 0 Å². The van der Waals surface area contributed by atoms with Crippen LogP contribution in [0.1, 0.15) is 0 Å². The van der Waals surface area contributed by atoms with Crippen molar-refractivity contribution in [3.8, 4) is 0 Å². The molecule has 5 nitrogen and oxygen atoms in total. The molecule has 1 saturated heterocycles. The fourth-order valence-corrected chi connectivity index (χ4v) is 0.949. The number of hydrogen-bond donors (Lipinski definition) is 4. The van der Waals surface area contributed by atoms with Crippen LogP contribution in [0.3, 0.4) is 0 Å². The minimum atomic E-state index is -1.16. The number of aliphatic hydroxyl groups excluding tert-OH is 4. The summed E-state index contributed by atoms with van der Waals surface area (Å²) in [7, 11) is 0. The largest absolute Gasteiger partial charge is 0.394 e. The van der Waals surface area contributed by atoms with Crippen LogP contribution in [-0.2, 0) is 4.74 Å². The highest BCUT2D eigenvalue weighted by molar-refractivity contribution is 4.93. The van der Waals surface area contributed by atoms with Crippen molar-refractivity contribution in [2.45, 2.75) is 24.4 Å². The molecule has 0 amide bonds. The van der Waals surface area contributed by atoms with Crippen LogP contribution in [0, 0.1) is 6.61 Å². The highest BCUT2D eigenvalue weighted by Crippen LogP contribution is 2.20. The molecule has 1 aliphatic rings. The molecule has 1 aliphatic heterocycles. The normalized spacial score (nSPS) is 40.9. The van der Waals surface area contributed by atoms with Crippen LogP contribution in [0.5, 0.6) is 0 Å². The Labute approximate surface area is 63.8 Å². The molecule has 0 saturated carbocycles. The van der Waals surface area contributed by atoms with Gasteiger partial charge >= 0.3 is 0 Å². The monoisotopic (exact) mass is 163 g/mol. The molecule has 0 aromatic carbocycles. The van der Waals surface area contributed by atoms with Crippen molar-refractivity contribution >= 4 is 0 Å². The van der Waals surface area contributed by atoms with E-state index in [-0.39, 0.29) is 0 Å². The Morgan fingerprint density at radius 2 is 2.09 bits per heavy atom. The molecule has 0 unspecified atom stereocenters. The number of rotatable bonds is 2. The van der Waals surface area contributed by atoms with Crippen LogP contribution in [0.25, 0.3) is 0 Å². The first-order chi connectivity index (χ1) is 5.16. The van der Waals surface area contributed by atoms with Gasteiger partial charge in [-0.05, 0) is 0 Å². The maximum Gasteiger partial charge on any atom is 0.115 e. The van der Waals surface area contributed by atoms with Crippen molar-refractivity contribution in [1.29, 1.82) is 0 Å². The first-order valence-electron chi connectivity index (χ1n) is 3.30. The summed E-state index contributed by atoms with van der Waals surface area (Å²) >= 11 is 0. The third kappa shape index (κ3) is 1.69. The minimum absolute atomic E-state index is 0.498. The van der Waals surface area contributed by atoms with Crippen LogP contribution >= 0.6 is 0 Å². The first-order valence-corrected chi connectivity index (χ1v) is 3.30. The first kappa shape index (κ1) is 8.89. The topological polar surface area (TPSA) is 90.2 Å². The second-order valence-electron chi connectivity index (χ2n) is 2.47. The van der Waals surface area contributed by atoms with E-state index in [4.69, 9.17) is 25.2 Å². The number of hydrogen-bond acceptors (Lipinski definition) is 5. The molecule has 0 bridgehead atoms. The summed E-state index contributed by atoms with van der Waals surface area (Å²) in [5, 5.41) is 35.4. The molecule has 11 heavy (non-hydrogen) atoms. The summed E-state index contributed by atoms with van der Waals surface area (Å²) in [4.78, 5) is 0. The molecule has 1 rings (SSSR count). The summed E-state index contributed by atoms with van der Waals surface area (Å²) in [5.41, 5.74) is 0. The summed E-state index contributed by atoms with van der Waals surface area (Å²) < 4.78 is 4.70. The van der Waals surface area contributed by atoms with Crippen LogP contribution in [0.15, 0.2) is 0 Å². The van der Waals surface area contributed by atoms with Crippen LogP contribution in [0.4, 0.5) is 0 Å². The molecule has 1 radical (unpaired) electrons. The third-order valence-electron chi connectivity index (χ3n) is 1.63. The molecular formula is C6H11O5. The zero-order valence-corrected chi connectivity index (χ0v) is 5.79. The molecule has 0 spiro atoms. The average molecular weight is 163 g/mol. The maximum absolute atomic E-state index is 9.08. The quantitative estimate of drug-likeness (QED) is 0.365. The fourth-order valence-electron chi connectivity index (χ4n) is 0.949. The van der Waals surface area contributed by atoms with Crippen LogP contribution < -0.4 is 0 Å². The molecule has 1 heterocycles. The van der Waals surface area contributed by atoms with E-state index in [1.165, 1.54) is 0 Å². The fraction of sp³-hybridized carbons (Fsp3) is 0.833. The minimum Gasteiger partial charge on any atom is -0.394 e. The van der Waals surface area contributed by atoms with Gasteiger partial charge < -0.3 is 25.2 Å². The molecule has 4 atom stereocenters. The van der Waals surface area contributed by atoms with Gasteiger partial charge in [0.1, 0.15) is 31.0 Å². The van der Waals surface area contributed by atoms with E-state index in [0.717, 1.165) is 6.61 Å². The Bertz CT molecular complexity index is 128. The predicted octanol–water partition coefficient (Wildman–Crippen LogP) is -2.38. The molecule has 0 aromatic heterocycles.